The molecule has 1 N–H and O–H groups in total. The second kappa shape index (κ2) is 7.71. The fourth-order valence-electron chi connectivity index (χ4n) is 2.35. The lowest BCUT2D eigenvalue weighted by molar-refractivity contribution is 0.335. The summed E-state index contributed by atoms with van der Waals surface area (Å²) in [5.41, 5.74) is 4.00. The zero-order valence-electron chi connectivity index (χ0n) is 12.4. The van der Waals surface area contributed by atoms with Gasteiger partial charge in [0, 0.05) is 18.7 Å². The molecule has 0 bridgehead atoms. The number of rotatable bonds is 7. The molecule has 20 heavy (non-hydrogen) atoms. The normalized spacial score (nSPS) is 10.5. The lowest BCUT2D eigenvalue weighted by Crippen LogP contribution is -2.14. The van der Waals surface area contributed by atoms with Crippen molar-refractivity contribution in [3.63, 3.8) is 0 Å². The van der Waals surface area contributed by atoms with Crippen LogP contribution in [0.5, 0.6) is 5.75 Å². The second-order valence-electron chi connectivity index (χ2n) is 4.77. The number of hydrogen-bond acceptors (Lipinski definition) is 2. The van der Waals surface area contributed by atoms with Gasteiger partial charge in [-0.25, -0.2) is 0 Å². The van der Waals surface area contributed by atoms with Gasteiger partial charge >= 0.3 is 0 Å². The molecule has 0 spiro atoms. The van der Waals surface area contributed by atoms with Gasteiger partial charge in [0.25, 0.3) is 0 Å². The topological polar surface area (TPSA) is 21.3 Å². The highest BCUT2D eigenvalue weighted by atomic mass is 16.5. The summed E-state index contributed by atoms with van der Waals surface area (Å²) < 4.78 is 5.64. The number of nitrogens with one attached hydrogen (secondary N) is 1. The quantitative estimate of drug-likeness (QED) is 0.822. The van der Waals surface area contributed by atoms with E-state index in [1.807, 2.05) is 19.1 Å². The van der Waals surface area contributed by atoms with Crippen molar-refractivity contribution in [3.05, 3.63) is 65.2 Å². The van der Waals surface area contributed by atoms with Crippen LogP contribution in [0.4, 0.5) is 0 Å². The highest BCUT2D eigenvalue weighted by Gasteiger charge is 2.03. The van der Waals surface area contributed by atoms with E-state index in [0.717, 1.165) is 25.3 Å². The Morgan fingerprint density at radius 1 is 0.800 bits per heavy atom. The van der Waals surface area contributed by atoms with Crippen LogP contribution in [0.1, 0.15) is 30.5 Å². The van der Waals surface area contributed by atoms with Crippen molar-refractivity contribution in [2.75, 3.05) is 6.61 Å². The van der Waals surface area contributed by atoms with Gasteiger partial charge in [-0.3, -0.25) is 0 Å². The van der Waals surface area contributed by atoms with E-state index in [2.05, 4.69) is 48.6 Å². The summed E-state index contributed by atoms with van der Waals surface area (Å²) in [6, 6.07) is 16.8. The molecule has 0 aliphatic heterocycles. The highest BCUT2D eigenvalue weighted by molar-refractivity contribution is 5.33. The summed E-state index contributed by atoms with van der Waals surface area (Å²) in [7, 11) is 0. The van der Waals surface area contributed by atoms with Crippen molar-refractivity contribution >= 4 is 0 Å². The minimum Gasteiger partial charge on any atom is -0.494 e. The van der Waals surface area contributed by atoms with Crippen molar-refractivity contribution in [2.45, 2.75) is 33.4 Å². The van der Waals surface area contributed by atoms with Crippen molar-refractivity contribution in [1.29, 1.82) is 0 Å². The first kappa shape index (κ1) is 14.6. The van der Waals surface area contributed by atoms with Crippen molar-refractivity contribution in [1.82, 2.24) is 5.32 Å². The van der Waals surface area contributed by atoms with Crippen LogP contribution >= 0.6 is 0 Å². The maximum atomic E-state index is 5.64. The number of benzene rings is 2. The average molecular weight is 269 g/mol. The minimum absolute atomic E-state index is 0.704. The molecule has 0 saturated carbocycles. The van der Waals surface area contributed by atoms with Gasteiger partial charge in [0.2, 0.25) is 0 Å². The summed E-state index contributed by atoms with van der Waals surface area (Å²) in [5.74, 6) is 0.978. The summed E-state index contributed by atoms with van der Waals surface area (Å²) in [6.45, 7) is 6.64. The van der Waals surface area contributed by atoms with Crippen LogP contribution in [0.3, 0.4) is 0 Å². The fraction of sp³-hybridized carbons (Fsp3) is 0.333. The third-order valence-electron chi connectivity index (χ3n) is 3.40. The third-order valence-corrected chi connectivity index (χ3v) is 3.40. The van der Waals surface area contributed by atoms with E-state index in [9.17, 15) is 0 Å². The molecular weight excluding hydrogens is 246 g/mol. The largest absolute Gasteiger partial charge is 0.494 e. The Morgan fingerprint density at radius 2 is 1.40 bits per heavy atom. The average Bonchev–Trinajstić information content (AvgIpc) is 2.50. The number of ether oxygens (including phenoxy) is 1. The zero-order chi connectivity index (χ0) is 14.2. The Hall–Kier alpha value is -1.80. The number of hydrogen-bond donors (Lipinski definition) is 1. The molecule has 0 unspecified atom stereocenters. The second-order valence-corrected chi connectivity index (χ2v) is 4.77. The van der Waals surface area contributed by atoms with Crippen LogP contribution in [0.2, 0.25) is 0 Å². The molecule has 2 aromatic rings. The minimum atomic E-state index is 0.704. The third kappa shape index (κ3) is 3.84. The Kier molecular flexibility index (Phi) is 5.63. The fourth-order valence-corrected chi connectivity index (χ4v) is 2.35. The van der Waals surface area contributed by atoms with Crippen molar-refractivity contribution in [2.24, 2.45) is 0 Å². The van der Waals surface area contributed by atoms with Gasteiger partial charge in [0.1, 0.15) is 5.75 Å². The first-order valence-corrected chi connectivity index (χ1v) is 7.33. The molecule has 0 amide bonds. The summed E-state index contributed by atoms with van der Waals surface area (Å²) in [5, 5.41) is 3.51. The standard InChI is InChI=1S/C18H23NO/c1-3-15-9-5-6-10-16(15)13-19-14-17-11-7-8-12-18(17)20-4-2/h5-12,19H,3-4,13-14H2,1-2H3. The van der Waals surface area contributed by atoms with Crippen LogP contribution < -0.4 is 10.1 Å². The molecule has 2 heteroatoms. The van der Waals surface area contributed by atoms with Gasteiger partial charge in [0.05, 0.1) is 6.61 Å². The van der Waals surface area contributed by atoms with Crippen LogP contribution in [-0.2, 0) is 19.5 Å². The van der Waals surface area contributed by atoms with Crippen LogP contribution in [-0.4, -0.2) is 6.61 Å². The highest BCUT2D eigenvalue weighted by Crippen LogP contribution is 2.18. The summed E-state index contributed by atoms with van der Waals surface area (Å²) >= 11 is 0. The van der Waals surface area contributed by atoms with Crippen molar-refractivity contribution in [3.8, 4) is 5.75 Å². The van der Waals surface area contributed by atoms with Gasteiger partial charge in [-0.05, 0) is 30.5 Å². The number of aryl methyl sites for hydroxylation is 1. The van der Waals surface area contributed by atoms with Crippen molar-refractivity contribution < 1.29 is 4.74 Å². The van der Waals surface area contributed by atoms with Gasteiger partial charge in [0.15, 0.2) is 0 Å². The van der Waals surface area contributed by atoms with E-state index in [1.165, 1.54) is 16.7 Å². The Morgan fingerprint density at radius 3 is 2.10 bits per heavy atom. The van der Waals surface area contributed by atoms with Crippen LogP contribution in [0.25, 0.3) is 0 Å². The Balaban J connectivity index is 1.96. The van der Waals surface area contributed by atoms with Gasteiger partial charge in [-0.2, -0.15) is 0 Å². The summed E-state index contributed by atoms with van der Waals surface area (Å²) in [6.07, 6.45) is 1.08. The Labute approximate surface area is 121 Å². The molecule has 0 saturated heterocycles. The molecular formula is C18H23NO. The monoisotopic (exact) mass is 269 g/mol. The van der Waals surface area contributed by atoms with E-state index < -0.39 is 0 Å². The molecule has 0 fully saturated rings. The lowest BCUT2D eigenvalue weighted by Gasteiger charge is -2.12. The molecule has 0 aliphatic rings. The zero-order valence-corrected chi connectivity index (χ0v) is 12.4. The smallest absolute Gasteiger partial charge is 0.123 e. The predicted molar refractivity (Wildman–Crippen MR) is 84.0 cm³/mol. The molecule has 0 heterocycles. The molecule has 0 aliphatic carbocycles. The van der Waals surface area contributed by atoms with E-state index in [0.29, 0.717) is 6.61 Å². The van der Waals surface area contributed by atoms with E-state index in [4.69, 9.17) is 4.74 Å². The SMILES string of the molecule is CCOc1ccccc1CNCc1ccccc1CC. The first-order valence-electron chi connectivity index (χ1n) is 7.33. The predicted octanol–water partition coefficient (Wildman–Crippen LogP) is 3.94. The molecule has 2 rings (SSSR count). The van der Waals surface area contributed by atoms with Crippen LogP contribution in [0, 0.1) is 0 Å². The molecule has 106 valence electrons. The lowest BCUT2D eigenvalue weighted by atomic mass is 10.1. The molecule has 2 aromatic carbocycles. The van der Waals surface area contributed by atoms with Gasteiger partial charge < -0.3 is 10.1 Å². The van der Waals surface area contributed by atoms with Gasteiger partial charge in [-0.15, -0.1) is 0 Å². The summed E-state index contributed by atoms with van der Waals surface area (Å²) in [4.78, 5) is 0. The molecule has 0 aromatic heterocycles. The first-order chi connectivity index (χ1) is 9.85. The molecule has 0 radical (unpaired) electrons. The molecule has 0 atom stereocenters. The van der Waals surface area contributed by atoms with Crippen LogP contribution in [0.15, 0.2) is 48.5 Å². The van der Waals surface area contributed by atoms with E-state index in [1.54, 1.807) is 0 Å². The maximum Gasteiger partial charge on any atom is 0.123 e. The van der Waals surface area contributed by atoms with E-state index >= 15 is 0 Å². The Bertz CT molecular complexity index is 536. The molecule has 2 nitrogen and oxygen atoms in total. The van der Waals surface area contributed by atoms with E-state index in [-0.39, 0.29) is 0 Å². The van der Waals surface area contributed by atoms with Gasteiger partial charge in [-0.1, -0.05) is 49.4 Å². The maximum absolute atomic E-state index is 5.64. The number of para-hydroxylation sites is 1.